The van der Waals surface area contributed by atoms with Crippen LogP contribution in [0.3, 0.4) is 0 Å². The molecule has 0 radical (unpaired) electrons. The Kier molecular flexibility index (Phi) is 5.62. The Bertz CT molecular complexity index is 1700. The van der Waals surface area contributed by atoms with Crippen molar-refractivity contribution in [2.45, 2.75) is 4.90 Å². The van der Waals surface area contributed by atoms with Crippen LogP contribution in [0.2, 0.25) is 0 Å². The van der Waals surface area contributed by atoms with Crippen molar-refractivity contribution < 1.29 is 22.4 Å². The number of rotatable bonds is 5. The fraction of sp³-hybridized carbons (Fsp3) is 0.179. The van der Waals surface area contributed by atoms with E-state index in [0.717, 1.165) is 32.7 Å². The minimum atomic E-state index is -3.64. The third-order valence-corrected chi connectivity index (χ3v) is 8.56. The van der Waals surface area contributed by atoms with Crippen LogP contribution in [-0.2, 0) is 14.8 Å². The molecule has 0 N–H and O–H groups in total. The molecule has 1 saturated heterocycles. The van der Waals surface area contributed by atoms with Gasteiger partial charge in [-0.15, -0.1) is 0 Å². The summed E-state index contributed by atoms with van der Waals surface area (Å²) in [7, 11) is -3.64. The van der Waals surface area contributed by atoms with Crippen LogP contribution in [0.25, 0.3) is 32.7 Å². The summed E-state index contributed by atoms with van der Waals surface area (Å²) in [6.07, 6.45) is 0. The second-order valence-corrected chi connectivity index (χ2v) is 10.8. The maximum atomic E-state index is 13.2. The minimum absolute atomic E-state index is 0.112. The number of nitrogens with zero attached hydrogens (tertiary/aromatic N) is 2. The molecule has 182 valence electrons. The van der Waals surface area contributed by atoms with Gasteiger partial charge < -0.3 is 14.1 Å². The first kappa shape index (κ1) is 22.6. The maximum absolute atomic E-state index is 13.2. The summed E-state index contributed by atoms with van der Waals surface area (Å²) in [6.45, 7) is 1.02. The fourth-order valence-electron chi connectivity index (χ4n) is 4.69. The highest BCUT2D eigenvalue weighted by molar-refractivity contribution is 7.89. The van der Waals surface area contributed by atoms with Gasteiger partial charge in [-0.2, -0.15) is 4.31 Å². The van der Waals surface area contributed by atoms with Gasteiger partial charge in [0.05, 0.1) is 4.90 Å². The molecule has 0 aliphatic carbocycles. The zero-order valence-electron chi connectivity index (χ0n) is 19.5. The summed E-state index contributed by atoms with van der Waals surface area (Å²) in [5.41, 5.74) is 1.57. The van der Waals surface area contributed by atoms with Gasteiger partial charge in [0.15, 0.2) is 6.61 Å². The van der Waals surface area contributed by atoms with Crippen LogP contribution in [0.4, 0.5) is 0 Å². The Morgan fingerprint density at radius 3 is 2.33 bits per heavy atom. The van der Waals surface area contributed by atoms with E-state index in [4.69, 9.17) is 9.15 Å². The van der Waals surface area contributed by atoms with E-state index < -0.39 is 10.0 Å². The van der Waals surface area contributed by atoms with Crippen LogP contribution in [-0.4, -0.2) is 56.3 Å². The van der Waals surface area contributed by atoms with Gasteiger partial charge in [-0.1, -0.05) is 48.5 Å². The smallest absolute Gasteiger partial charge is 0.260 e. The van der Waals surface area contributed by atoms with E-state index >= 15 is 0 Å². The molecule has 36 heavy (non-hydrogen) atoms. The predicted octanol–water partition coefficient (Wildman–Crippen LogP) is 4.65. The average Bonchev–Trinajstić information content (AvgIpc) is 3.29. The Hall–Kier alpha value is -3.88. The lowest BCUT2D eigenvalue weighted by molar-refractivity contribution is -0.134. The minimum Gasteiger partial charge on any atom is -0.484 e. The SMILES string of the molecule is O=C(COc1ccc2oc3ccccc3c2c1)N1CCN(S(=O)(=O)c2ccc3ccccc3c2)CC1. The molecule has 1 fully saturated rings. The van der Waals surface area contributed by atoms with Crippen molar-refractivity contribution in [3.05, 3.63) is 84.9 Å². The van der Waals surface area contributed by atoms with Crippen molar-refractivity contribution in [1.29, 1.82) is 0 Å². The van der Waals surface area contributed by atoms with Crippen LogP contribution < -0.4 is 4.74 Å². The van der Waals surface area contributed by atoms with E-state index in [1.165, 1.54) is 4.31 Å². The molecule has 1 aromatic heterocycles. The molecule has 0 spiro atoms. The fourth-order valence-corrected chi connectivity index (χ4v) is 6.14. The number of fused-ring (bicyclic) bond motifs is 4. The summed E-state index contributed by atoms with van der Waals surface area (Å²) in [5.74, 6) is 0.412. The third kappa shape index (κ3) is 4.08. The van der Waals surface area contributed by atoms with Gasteiger partial charge in [0.2, 0.25) is 10.0 Å². The number of ether oxygens (including phenoxy) is 1. The molecule has 0 unspecified atom stereocenters. The zero-order chi connectivity index (χ0) is 24.7. The lowest BCUT2D eigenvalue weighted by Gasteiger charge is -2.34. The van der Waals surface area contributed by atoms with Gasteiger partial charge in [-0.25, -0.2) is 8.42 Å². The molecule has 6 rings (SSSR count). The molecule has 1 aliphatic rings. The second kappa shape index (κ2) is 8.96. The quantitative estimate of drug-likeness (QED) is 0.351. The highest BCUT2D eigenvalue weighted by atomic mass is 32.2. The lowest BCUT2D eigenvalue weighted by atomic mass is 10.1. The van der Waals surface area contributed by atoms with E-state index in [9.17, 15) is 13.2 Å². The first-order chi connectivity index (χ1) is 17.5. The van der Waals surface area contributed by atoms with Gasteiger partial charge in [0, 0.05) is 37.0 Å². The number of hydrogen-bond donors (Lipinski definition) is 0. The molecule has 1 aliphatic heterocycles. The average molecular weight is 501 g/mol. The van der Waals surface area contributed by atoms with Gasteiger partial charge in [-0.3, -0.25) is 4.79 Å². The topological polar surface area (TPSA) is 80.1 Å². The largest absolute Gasteiger partial charge is 0.484 e. The molecular formula is C28H24N2O5S. The first-order valence-electron chi connectivity index (χ1n) is 11.8. The number of amides is 1. The second-order valence-electron chi connectivity index (χ2n) is 8.84. The molecule has 0 bridgehead atoms. The molecule has 4 aromatic carbocycles. The van der Waals surface area contributed by atoms with Crippen LogP contribution in [0.15, 0.2) is 94.2 Å². The Balaban J connectivity index is 1.09. The summed E-state index contributed by atoms with van der Waals surface area (Å²) < 4.78 is 39.4. The zero-order valence-corrected chi connectivity index (χ0v) is 20.3. The van der Waals surface area contributed by atoms with Crippen LogP contribution in [0, 0.1) is 0 Å². The molecule has 2 heterocycles. The first-order valence-corrected chi connectivity index (χ1v) is 13.2. The van der Waals surface area contributed by atoms with Gasteiger partial charge >= 0.3 is 0 Å². The Morgan fingerprint density at radius 1 is 0.778 bits per heavy atom. The predicted molar refractivity (Wildman–Crippen MR) is 139 cm³/mol. The summed E-state index contributed by atoms with van der Waals surface area (Å²) in [4.78, 5) is 14.7. The Morgan fingerprint density at radius 2 is 1.50 bits per heavy atom. The molecule has 1 amide bonds. The van der Waals surface area contributed by atoms with E-state index in [-0.39, 0.29) is 30.5 Å². The van der Waals surface area contributed by atoms with Crippen molar-refractivity contribution >= 4 is 48.6 Å². The van der Waals surface area contributed by atoms with E-state index in [1.807, 2.05) is 66.7 Å². The number of para-hydroxylation sites is 1. The van der Waals surface area contributed by atoms with E-state index in [2.05, 4.69) is 0 Å². The molecule has 8 heteroatoms. The van der Waals surface area contributed by atoms with E-state index in [0.29, 0.717) is 18.8 Å². The van der Waals surface area contributed by atoms with Gasteiger partial charge in [0.1, 0.15) is 16.9 Å². The molecule has 0 atom stereocenters. The maximum Gasteiger partial charge on any atom is 0.260 e. The lowest BCUT2D eigenvalue weighted by Crippen LogP contribution is -2.51. The van der Waals surface area contributed by atoms with Crippen LogP contribution >= 0.6 is 0 Å². The normalized spacial score (nSPS) is 15.1. The summed E-state index contributed by atoms with van der Waals surface area (Å²) >= 11 is 0. The number of benzene rings is 4. The van der Waals surface area contributed by atoms with Crippen LogP contribution in [0.5, 0.6) is 5.75 Å². The number of hydrogen-bond acceptors (Lipinski definition) is 5. The van der Waals surface area contributed by atoms with Crippen molar-refractivity contribution in [1.82, 2.24) is 9.21 Å². The summed E-state index contributed by atoms with van der Waals surface area (Å²) in [5, 5.41) is 3.80. The summed E-state index contributed by atoms with van der Waals surface area (Å²) in [6, 6.07) is 26.1. The van der Waals surface area contributed by atoms with Gasteiger partial charge in [-0.05, 0) is 47.2 Å². The van der Waals surface area contributed by atoms with Crippen LogP contribution in [0.1, 0.15) is 0 Å². The van der Waals surface area contributed by atoms with Crippen molar-refractivity contribution in [2.75, 3.05) is 32.8 Å². The number of carbonyl (C=O) groups is 1. The van der Waals surface area contributed by atoms with Crippen molar-refractivity contribution in [3.63, 3.8) is 0 Å². The Labute approximate surface area is 208 Å². The number of piperazine rings is 1. The standard InChI is InChI=1S/C28H24N2O5S/c31-28(19-34-22-10-12-27-25(18-22)24-7-3-4-8-26(24)35-27)29-13-15-30(16-14-29)36(32,33)23-11-9-20-5-1-2-6-21(20)17-23/h1-12,17-18H,13-16,19H2. The third-order valence-electron chi connectivity index (χ3n) is 6.66. The van der Waals surface area contributed by atoms with Crippen molar-refractivity contribution in [2.24, 2.45) is 0 Å². The van der Waals surface area contributed by atoms with Gasteiger partial charge in [0.25, 0.3) is 5.91 Å². The molecular weight excluding hydrogens is 476 g/mol. The number of sulfonamides is 1. The van der Waals surface area contributed by atoms with Crippen molar-refractivity contribution in [3.8, 4) is 5.75 Å². The highest BCUT2D eigenvalue weighted by Gasteiger charge is 2.30. The monoisotopic (exact) mass is 500 g/mol. The number of carbonyl (C=O) groups excluding carboxylic acids is 1. The molecule has 5 aromatic rings. The van der Waals surface area contributed by atoms with E-state index in [1.54, 1.807) is 23.1 Å². The highest BCUT2D eigenvalue weighted by Crippen LogP contribution is 2.31. The molecule has 7 nitrogen and oxygen atoms in total. The number of furan rings is 1. The molecule has 0 saturated carbocycles.